The molecule has 2 rings (SSSR count). The molecule has 1 unspecified atom stereocenters. The topological polar surface area (TPSA) is 91.4 Å². The number of hydrogen-bond donors (Lipinski definition) is 3. The molecule has 4 N–H and O–H groups in total. The van der Waals surface area contributed by atoms with Crippen molar-refractivity contribution in [1.29, 1.82) is 5.41 Å². The van der Waals surface area contributed by atoms with Crippen LogP contribution in [0.15, 0.2) is 0 Å². The van der Waals surface area contributed by atoms with Gasteiger partial charge in [-0.1, -0.05) is 12.8 Å². The van der Waals surface area contributed by atoms with E-state index in [2.05, 4.69) is 5.32 Å². The van der Waals surface area contributed by atoms with Crippen LogP contribution in [0.25, 0.3) is 0 Å². The van der Waals surface area contributed by atoms with Crippen LogP contribution in [0.2, 0.25) is 0 Å². The first-order chi connectivity index (χ1) is 8.66. The molecule has 1 aliphatic heterocycles. The fourth-order valence-corrected chi connectivity index (χ4v) is 2.67. The number of amidine groups is 1. The number of nitrogens with two attached hydrogens (primary N) is 1. The largest absolute Gasteiger partial charge is 0.386 e. The van der Waals surface area contributed by atoms with E-state index in [0.717, 1.165) is 32.1 Å². The molecule has 6 heteroatoms. The van der Waals surface area contributed by atoms with Gasteiger partial charge in [-0.25, -0.2) is 4.79 Å². The van der Waals surface area contributed by atoms with E-state index in [4.69, 9.17) is 15.9 Å². The molecule has 0 aromatic carbocycles. The van der Waals surface area contributed by atoms with Crippen LogP contribution in [0.4, 0.5) is 4.79 Å². The minimum atomic E-state index is -0.104. The second kappa shape index (κ2) is 6.04. The molecule has 6 nitrogen and oxygen atoms in total. The second-order valence-corrected chi connectivity index (χ2v) is 5.10. The minimum absolute atomic E-state index is 0.0414. The third-order valence-electron chi connectivity index (χ3n) is 3.62. The fraction of sp³-hybridized carbons (Fsp3) is 0.833. The van der Waals surface area contributed by atoms with Crippen molar-refractivity contribution < 1.29 is 9.53 Å². The number of amides is 2. The molecule has 0 radical (unpaired) electrons. The van der Waals surface area contributed by atoms with Crippen molar-refractivity contribution in [3.63, 3.8) is 0 Å². The molecule has 2 aliphatic rings. The molecule has 0 aromatic rings. The number of nitrogens with one attached hydrogen (secondary N) is 2. The van der Waals surface area contributed by atoms with E-state index in [1.807, 2.05) is 0 Å². The number of carbonyl (C=O) groups excluding carboxylic acids is 1. The van der Waals surface area contributed by atoms with Gasteiger partial charge in [0.05, 0.1) is 19.2 Å². The summed E-state index contributed by atoms with van der Waals surface area (Å²) in [7, 11) is 0. The molecule has 1 heterocycles. The molecule has 1 saturated carbocycles. The molecular formula is C12H22N4O2. The summed E-state index contributed by atoms with van der Waals surface area (Å²) in [5.41, 5.74) is 5.44. The van der Waals surface area contributed by atoms with Gasteiger partial charge >= 0.3 is 6.03 Å². The summed E-state index contributed by atoms with van der Waals surface area (Å²) in [6, 6.07) is 0.234. The highest BCUT2D eigenvalue weighted by Gasteiger charge is 2.29. The molecule has 2 fully saturated rings. The summed E-state index contributed by atoms with van der Waals surface area (Å²) in [5, 5.41) is 10.4. The lowest BCUT2D eigenvalue weighted by molar-refractivity contribution is 0.170. The summed E-state index contributed by atoms with van der Waals surface area (Å²) in [4.78, 5) is 13.9. The van der Waals surface area contributed by atoms with Crippen LogP contribution < -0.4 is 11.1 Å². The van der Waals surface area contributed by atoms with Crippen LogP contribution in [-0.2, 0) is 4.74 Å². The van der Waals surface area contributed by atoms with E-state index in [1.54, 1.807) is 4.90 Å². The number of ether oxygens (including phenoxy) is 1. The Balaban J connectivity index is 1.93. The highest BCUT2D eigenvalue weighted by Crippen LogP contribution is 2.23. The van der Waals surface area contributed by atoms with Crippen LogP contribution in [0.1, 0.15) is 32.1 Å². The van der Waals surface area contributed by atoms with Crippen molar-refractivity contribution in [2.24, 2.45) is 5.73 Å². The van der Waals surface area contributed by atoms with E-state index in [0.29, 0.717) is 13.2 Å². The zero-order chi connectivity index (χ0) is 13.0. The standard InChI is InChI=1S/C12H22N4O2/c13-11(14)7-16(10-3-1-2-4-10)12(17)15-9-5-6-18-8-9/h9-10H,1-8H2,(H3,13,14)(H,15,17). The van der Waals surface area contributed by atoms with Gasteiger partial charge in [0, 0.05) is 12.6 Å². The smallest absolute Gasteiger partial charge is 0.318 e. The molecule has 2 amide bonds. The van der Waals surface area contributed by atoms with Crippen molar-refractivity contribution in [3.05, 3.63) is 0 Å². The van der Waals surface area contributed by atoms with Crippen molar-refractivity contribution in [2.45, 2.75) is 44.2 Å². The Morgan fingerprint density at radius 1 is 1.39 bits per heavy atom. The van der Waals surface area contributed by atoms with Gasteiger partial charge in [-0.3, -0.25) is 5.41 Å². The fourth-order valence-electron chi connectivity index (χ4n) is 2.67. The Labute approximate surface area is 107 Å². The Bertz CT molecular complexity index is 309. The maximum Gasteiger partial charge on any atom is 0.318 e. The number of rotatable bonds is 4. The summed E-state index contributed by atoms with van der Waals surface area (Å²) in [5.74, 6) is 0.0414. The Morgan fingerprint density at radius 2 is 2.11 bits per heavy atom. The van der Waals surface area contributed by atoms with Gasteiger partial charge in [-0.15, -0.1) is 0 Å². The van der Waals surface area contributed by atoms with Crippen molar-refractivity contribution >= 4 is 11.9 Å². The van der Waals surface area contributed by atoms with E-state index < -0.39 is 0 Å². The molecule has 0 spiro atoms. The van der Waals surface area contributed by atoms with Crippen LogP contribution in [0.5, 0.6) is 0 Å². The van der Waals surface area contributed by atoms with E-state index in [1.165, 1.54) is 0 Å². The highest BCUT2D eigenvalue weighted by molar-refractivity contribution is 5.85. The molecule has 0 bridgehead atoms. The molecular weight excluding hydrogens is 232 g/mol. The Morgan fingerprint density at radius 3 is 2.67 bits per heavy atom. The predicted octanol–water partition coefficient (Wildman–Crippen LogP) is 0.665. The van der Waals surface area contributed by atoms with E-state index in [-0.39, 0.29) is 30.5 Å². The zero-order valence-corrected chi connectivity index (χ0v) is 10.7. The van der Waals surface area contributed by atoms with Crippen LogP contribution in [0.3, 0.4) is 0 Å². The van der Waals surface area contributed by atoms with Crippen molar-refractivity contribution in [2.75, 3.05) is 19.8 Å². The summed E-state index contributed by atoms with van der Waals surface area (Å²) in [6.45, 7) is 1.52. The first-order valence-corrected chi connectivity index (χ1v) is 6.64. The molecule has 1 saturated heterocycles. The van der Waals surface area contributed by atoms with Gasteiger partial charge in [0.2, 0.25) is 0 Å². The Kier molecular flexibility index (Phi) is 4.41. The SMILES string of the molecule is N=C(N)CN(C(=O)NC1CCOC1)C1CCCC1. The van der Waals surface area contributed by atoms with Gasteiger partial charge in [-0.2, -0.15) is 0 Å². The van der Waals surface area contributed by atoms with E-state index in [9.17, 15) is 4.79 Å². The molecule has 102 valence electrons. The first kappa shape index (κ1) is 13.1. The molecule has 1 atom stereocenters. The quantitative estimate of drug-likeness (QED) is 0.508. The number of hydrogen-bond acceptors (Lipinski definition) is 3. The molecule has 1 aliphatic carbocycles. The average molecular weight is 254 g/mol. The second-order valence-electron chi connectivity index (χ2n) is 5.10. The normalized spacial score (nSPS) is 24.1. The van der Waals surface area contributed by atoms with Crippen molar-refractivity contribution in [1.82, 2.24) is 10.2 Å². The van der Waals surface area contributed by atoms with Gasteiger partial charge in [0.15, 0.2) is 0 Å². The molecule has 0 aromatic heterocycles. The first-order valence-electron chi connectivity index (χ1n) is 6.64. The number of carbonyl (C=O) groups is 1. The van der Waals surface area contributed by atoms with Crippen LogP contribution in [-0.4, -0.2) is 48.6 Å². The van der Waals surface area contributed by atoms with Gasteiger partial charge < -0.3 is 20.7 Å². The summed E-state index contributed by atoms with van der Waals surface area (Å²) < 4.78 is 5.24. The van der Waals surface area contributed by atoms with E-state index >= 15 is 0 Å². The summed E-state index contributed by atoms with van der Waals surface area (Å²) >= 11 is 0. The lowest BCUT2D eigenvalue weighted by Crippen LogP contribution is -2.51. The van der Waals surface area contributed by atoms with Crippen LogP contribution in [0, 0.1) is 5.41 Å². The predicted molar refractivity (Wildman–Crippen MR) is 68.6 cm³/mol. The maximum absolute atomic E-state index is 12.2. The van der Waals surface area contributed by atoms with Gasteiger partial charge in [0.1, 0.15) is 5.84 Å². The average Bonchev–Trinajstić information content (AvgIpc) is 2.97. The number of nitrogens with zero attached hydrogens (tertiary/aromatic N) is 1. The minimum Gasteiger partial charge on any atom is -0.386 e. The lowest BCUT2D eigenvalue weighted by atomic mass is 10.2. The zero-order valence-electron chi connectivity index (χ0n) is 10.7. The monoisotopic (exact) mass is 254 g/mol. The van der Waals surface area contributed by atoms with Gasteiger partial charge in [0.25, 0.3) is 0 Å². The number of urea groups is 1. The third-order valence-corrected chi connectivity index (χ3v) is 3.62. The molecule has 18 heavy (non-hydrogen) atoms. The summed E-state index contributed by atoms with van der Waals surface area (Å²) in [6.07, 6.45) is 5.20. The lowest BCUT2D eigenvalue weighted by Gasteiger charge is -2.29. The maximum atomic E-state index is 12.2. The highest BCUT2D eigenvalue weighted by atomic mass is 16.5. The third kappa shape index (κ3) is 3.35. The Hall–Kier alpha value is -1.30. The van der Waals surface area contributed by atoms with Crippen LogP contribution >= 0.6 is 0 Å². The van der Waals surface area contributed by atoms with Crippen molar-refractivity contribution in [3.8, 4) is 0 Å². The van der Waals surface area contributed by atoms with Gasteiger partial charge in [-0.05, 0) is 19.3 Å².